The van der Waals surface area contributed by atoms with Gasteiger partial charge in [-0.25, -0.2) is 0 Å². The molecule has 23 heavy (non-hydrogen) atoms. The first kappa shape index (κ1) is 18.0. The first-order valence-electron chi connectivity index (χ1n) is 7.98. The highest BCUT2D eigenvalue weighted by atomic mass is 35.5. The average Bonchev–Trinajstić information content (AvgIpc) is 3.10. The predicted molar refractivity (Wildman–Crippen MR) is 94.6 cm³/mol. The van der Waals surface area contributed by atoms with Crippen LogP contribution in [0.2, 0.25) is 0 Å². The Morgan fingerprint density at radius 1 is 1.43 bits per heavy atom. The van der Waals surface area contributed by atoms with Crippen molar-refractivity contribution < 1.29 is 9.53 Å². The van der Waals surface area contributed by atoms with E-state index in [4.69, 9.17) is 4.74 Å². The smallest absolute Gasteiger partial charge is 0.238 e. The monoisotopic (exact) mass is 339 g/mol. The third-order valence-electron chi connectivity index (χ3n) is 4.85. The molecule has 0 aromatic heterocycles. The number of nitrogens with one attached hydrogen (secondary N) is 2. The number of aryl methyl sites for hydroxylation is 1. The highest BCUT2D eigenvalue weighted by molar-refractivity contribution is 5.93. The third kappa shape index (κ3) is 4.16. The largest absolute Gasteiger partial charge is 0.495 e. The van der Waals surface area contributed by atoms with Crippen molar-refractivity contribution in [2.45, 2.75) is 19.8 Å². The van der Waals surface area contributed by atoms with Gasteiger partial charge in [0.25, 0.3) is 0 Å². The molecule has 5 nitrogen and oxygen atoms in total. The Labute approximate surface area is 144 Å². The van der Waals surface area contributed by atoms with Crippen molar-refractivity contribution in [1.82, 2.24) is 10.2 Å². The van der Waals surface area contributed by atoms with Crippen LogP contribution in [0.4, 0.5) is 5.69 Å². The molecule has 1 aromatic rings. The molecule has 2 fully saturated rings. The molecule has 6 heteroatoms. The molecule has 2 N–H and O–H groups in total. The van der Waals surface area contributed by atoms with E-state index in [1.54, 1.807) is 7.11 Å². The number of hydrogen-bond acceptors (Lipinski definition) is 4. The molecule has 0 aliphatic carbocycles. The van der Waals surface area contributed by atoms with Gasteiger partial charge in [-0.15, -0.1) is 12.4 Å². The molecule has 1 atom stereocenters. The molecule has 1 aromatic carbocycles. The van der Waals surface area contributed by atoms with Crippen molar-refractivity contribution in [3.05, 3.63) is 23.8 Å². The number of hydrogen-bond donors (Lipinski definition) is 2. The maximum Gasteiger partial charge on any atom is 0.238 e. The predicted octanol–water partition coefficient (Wildman–Crippen LogP) is 2.05. The Hall–Kier alpha value is -1.30. The highest BCUT2D eigenvalue weighted by Gasteiger charge is 2.40. The molecular weight excluding hydrogens is 314 g/mol. The van der Waals surface area contributed by atoms with Gasteiger partial charge in [0.05, 0.1) is 19.3 Å². The highest BCUT2D eigenvalue weighted by Crippen LogP contribution is 2.35. The second-order valence-electron chi connectivity index (χ2n) is 6.64. The quantitative estimate of drug-likeness (QED) is 0.881. The lowest BCUT2D eigenvalue weighted by Crippen LogP contribution is -2.34. The van der Waals surface area contributed by atoms with Gasteiger partial charge in [-0.05, 0) is 56.0 Å². The number of anilines is 1. The van der Waals surface area contributed by atoms with Gasteiger partial charge in [-0.2, -0.15) is 0 Å². The van der Waals surface area contributed by atoms with E-state index >= 15 is 0 Å². The number of methoxy groups -OCH3 is 1. The Bertz CT molecular complexity index is 559. The van der Waals surface area contributed by atoms with Gasteiger partial charge < -0.3 is 15.4 Å². The molecule has 1 amide bonds. The zero-order valence-electron chi connectivity index (χ0n) is 13.9. The Morgan fingerprint density at radius 2 is 2.26 bits per heavy atom. The van der Waals surface area contributed by atoms with Crippen molar-refractivity contribution in [2.24, 2.45) is 5.41 Å². The lowest BCUT2D eigenvalue weighted by Gasteiger charge is -2.22. The summed E-state index contributed by atoms with van der Waals surface area (Å²) in [4.78, 5) is 14.6. The summed E-state index contributed by atoms with van der Waals surface area (Å²) in [6, 6.07) is 5.81. The van der Waals surface area contributed by atoms with Gasteiger partial charge >= 0.3 is 0 Å². The fraction of sp³-hybridized carbons (Fsp3) is 0.588. The molecule has 3 rings (SSSR count). The van der Waals surface area contributed by atoms with Crippen LogP contribution in [0.3, 0.4) is 0 Å². The molecule has 0 bridgehead atoms. The number of nitrogens with zero attached hydrogens (tertiary/aromatic N) is 1. The number of amides is 1. The molecule has 0 radical (unpaired) electrons. The number of ether oxygens (including phenoxy) is 1. The standard InChI is InChI=1S/C17H25N3O2.ClH/c1-13-3-4-15(22-2)14(9-13)19-16(21)10-20-8-6-17(12-20)5-7-18-11-17;/h3-4,9,18H,5-8,10-12H2,1-2H3,(H,19,21);1H. The van der Waals surface area contributed by atoms with Gasteiger partial charge in [0.1, 0.15) is 5.75 Å². The fourth-order valence-corrected chi connectivity index (χ4v) is 3.62. The van der Waals surface area contributed by atoms with E-state index in [2.05, 4.69) is 15.5 Å². The summed E-state index contributed by atoms with van der Waals surface area (Å²) >= 11 is 0. The summed E-state index contributed by atoms with van der Waals surface area (Å²) in [6.07, 6.45) is 2.43. The van der Waals surface area contributed by atoms with Gasteiger partial charge in [0.2, 0.25) is 5.91 Å². The van der Waals surface area contributed by atoms with Crippen LogP contribution < -0.4 is 15.4 Å². The molecule has 2 heterocycles. The molecule has 128 valence electrons. The van der Waals surface area contributed by atoms with Crippen molar-refractivity contribution in [2.75, 3.05) is 45.2 Å². The van der Waals surface area contributed by atoms with Crippen LogP contribution in [0.25, 0.3) is 0 Å². The lowest BCUT2D eigenvalue weighted by atomic mass is 9.87. The van der Waals surface area contributed by atoms with Crippen molar-refractivity contribution in [1.29, 1.82) is 0 Å². The molecular formula is C17H26ClN3O2. The summed E-state index contributed by atoms with van der Waals surface area (Å²) in [7, 11) is 1.62. The van der Waals surface area contributed by atoms with Crippen molar-refractivity contribution in [3.8, 4) is 5.75 Å². The number of likely N-dealkylation sites (tertiary alicyclic amines) is 1. The number of carbonyl (C=O) groups excluding carboxylic acids is 1. The first-order valence-corrected chi connectivity index (χ1v) is 7.98. The number of rotatable bonds is 4. The van der Waals surface area contributed by atoms with Crippen LogP contribution in [0.15, 0.2) is 18.2 Å². The maximum absolute atomic E-state index is 12.3. The normalized spacial score (nSPS) is 23.7. The van der Waals surface area contributed by atoms with Gasteiger partial charge in [0, 0.05) is 13.1 Å². The molecule has 2 aliphatic rings. The Kier molecular flexibility index (Phi) is 5.89. The Balaban J connectivity index is 0.00000192. The van der Waals surface area contributed by atoms with E-state index in [0.29, 0.717) is 17.7 Å². The zero-order valence-corrected chi connectivity index (χ0v) is 14.7. The summed E-state index contributed by atoms with van der Waals surface area (Å²) < 4.78 is 5.31. The molecule has 2 saturated heterocycles. The topological polar surface area (TPSA) is 53.6 Å². The van der Waals surface area contributed by atoms with Crippen molar-refractivity contribution in [3.63, 3.8) is 0 Å². The summed E-state index contributed by atoms with van der Waals surface area (Å²) in [5.41, 5.74) is 2.26. The fourth-order valence-electron chi connectivity index (χ4n) is 3.62. The summed E-state index contributed by atoms with van der Waals surface area (Å²) in [6.45, 7) is 6.71. The van der Waals surface area contributed by atoms with Crippen LogP contribution in [0, 0.1) is 12.3 Å². The minimum Gasteiger partial charge on any atom is -0.495 e. The second kappa shape index (κ2) is 7.51. The zero-order chi connectivity index (χ0) is 15.6. The van der Waals surface area contributed by atoms with E-state index in [1.165, 1.54) is 12.8 Å². The van der Waals surface area contributed by atoms with Gasteiger partial charge in [0.15, 0.2) is 0 Å². The van der Waals surface area contributed by atoms with E-state index in [1.807, 2.05) is 25.1 Å². The summed E-state index contributed by atoms with van der Waals surface area (Å²) in [5, 5.41) is 6.43. The van der Waals surface area contributed by atoms with Gasteiger partial charge in [-0.1, -0.05) is 6.07 Å². The van der Waals surface area contributed by atoms with Crippen LogP contribution >= 0.6 is 12.4 Å². The summed E-state index contributed by atoms with van der Waals surface area (Å²) in [5.74, 6) is 0.740. The SMILES string of the molecule is COc1ccc(C)cc1NC(=O)CN1CCC2(CCNC2)C1.Cl. The van der Waals surface area contributed by atoms with Crippen LogP contribution in [0.1, 0.15) is 18.4 Å². The molecule has 1 spiro atoms. The third-order valence-corrected chi connectivity index (χ3v) is 4.85. The van der Waals surface area contributed by atoms with E-state index < -0.39 is 0 Å². The number of carbonyl (C=O) groups is 1. The van der Waals surface area contributed by atoms with Gasteiger partial charge in [-0.3, -0.25) is 9.69 Å². The van der Waals surface area contributed by atoms with E-state index in [0.717, 1.165) is 37.4 Å². The first-order chi connectivity index (χ1) is 10.6. The van der Waals surface area contributed by atoms with Crippen molar-refractivity contribution >= 4 is 24.0 Å². The molecule has 2 aliphatic heterocycles. The van der Waals surface area contributed by atoms with Crippen LogP contribution in [-0.2, 0) is 4.79 Å². The molecule has 1 unspecified atom stereocenters. The maximum atomic E-state index is 12.3. The average molecular weight is 340 g/mol. The van der Waals surface area contributed by atoms with E-state index in [9.17, 15) is 4.79 Å². The lowest BCUT2D eigenvalue weighted by molar-refractivity contribution is -0.117. The van der Waals surface area contributed by atoms with E-state index in [-0.39, 0.29) is 18.3 Å². The number of halogens is 1. The van der Waals surface area contributed by atoms with Crippen LogP contribution in [0.5, 0.6) is 5.75 Å². The minimum atomic E-state index is 0. The Morgan fingerprint density at radius 3 is 2.96 bits per heavy atom. The molecule has 0 saturated carbocycles. The minimum absolute atomic E-state index is 0. The second-order valence-corrected chi connectivity index (χ2v) is 6.64. The number of benzene rings is 1. The van der Waals surface area contributed by atoms with Crippen LogP contribution in [-0.4, -0.2) is 50.6 Å².